The van der Waals surface area contributed by atoms with Crippen LogP contribution >= 0.6 is 0 Å². The largest absolute Gasteiger partial charge is 0.394 e. The Bertz CT molecular complexity index is 1060. The van der Waals surface area contributed by atoms with Crippen LogP contribution in [0.5, 0.6) is 0 Å². The molecule has 11 N–H and O–H groups in total. The predicted molar refractivity (Wildman–Crippen MR) is 161 cm³/mol. The van der Waals surface area contributed by atoms with Gasteiger partial charge in [0.25, 0.3) is 0 Å². The van der Waals surface area contributed by atoms with Gasteiger partial charge in [0.2, 0.25) is 17.7 Å². The highest BCUT2D eigenvalue weighted by molar-refractivity contribution is 5.74. The molecule has 284 valence electrons. The molecule has 49 heavy (non-hydrogen) atoms. The van der Waals surface area contributed by atoms with E-state index in [1.807, 2.05) is 0 Å². The molecule has 0 radical (unpaired) electrons. The summed E-state index contributed by atoms with van der Waals surface area (Å²) in [5.74, 6) is -3.29. The zero-order valence-electron chi connectivity index (χ0n) is 27.6. The Labute approximate surface area is 282 Å². The molecule has 3 aliphatic heterocycles. The fourth-order valence-corrected chi connectivity index (χ4v) is 6.53. The summed E-state index contributed by atoms with van der Waals surface area (Å²) < 4.78 is 34.5. The molecular weight excluding hydrogens is 662 g/mol. The van der Waals surface area contributed by atoms with Crippen molar-refractivity contribution < 1.29 is 83.7 Å². The molecule has 0 saturated carbocycles. The molecule has 0 aliphatic carbocycles. The summed E-state index contributed by atoms with van der Waals surface area (Å²) in [6.45, 7) is 0.0922. The van der Waals surface area contributed by atoms with Gasteiger partial charge in [0.05, 0.1) is 82.7 Å². The standard InChI is InChI=1S/C29H51N3O17/c1-12(37)30-22-20(48-19(6-35)26(41)27(22)42)9-45-8-16-18(5-34)47-21(23(31-13(2)38)28(16)46-11-36)10-44-7-15-17(4-33)49-29(43)24(25(15)40)32-14(3)39/h15-29,33-36,40-43H,4-11H2,1-3H3,(H,30,37)(H,31,38)(H,32,39)/t15-,16-,17?,18?,19?,20+,21+,22?,23?,24?,25+,26-,27-,28+,29-/m1/s1. The number of aliphatic hydroxyl groups excluding tert-OH is 8. The van der Waals surface area contributed by atoms with E-state index in [1.54, 1.807) is 0 Å². The fraction of sp³-hybridized carbons (Fsp3) is 0.897. The first-order valence-corrected chi connectivity index (χ1v) is 16.0. The van der Waals surface area contributed by atoms with Crippen LogP contribution in [0.25, 0.3) is 0 Å². The van der Waals surface area contributed by atoms with Gasteiger partial charge in [0.1, 0.15) is 43.4 Å². The molecule has 20 heteroatoms. The Morgan fingerprint density at radius 3 is 1.55 bits per heavy atom. The maximum absolute atomic E-state index is 12.3. The van der Waals surface area contributed by atoms with Crippen molar-refractivity contribution in [2.45, 2.75) is 100 Å². The van der Waals surface area contributed by atoms with Crippen molar-refractivity contribution in [1.29, 1.82) is 0 Å². The van der Waals surface area contributed by atoms with E-state index in [0.29, 0.717) is 0 Å². The quantitative estimate of drug-likeness (QED) is 0.0663. The maximum atomic E-state index is 12.3. The minimum Gasteiger partial charge on any atom is -0.394 e. The van der Waals surface area contributed by atoms with E-state index in [9.17, 15) is 55.2 Å². The summed E-state index contributed by atoms with van der Waals surface area (Å²) >= 11 is 0. The van der Waals surface area contributed by atoms with Crippen LogP contribution in [0.3, 0.4) is 0 Å². The van der Waals surface area contributed by atoms with Crippen LogP contribution in [-0.2, 0) is 42.8 Å². The van der Waals surface area contributed by atoms with Crippen LogP contribution in [0.15, 0.2) is 0 Å². The number of nitrogens with one attached hydrogen (secondary N) is 3. The Kier molecular flexibility index (Phi) is 16.4. The molecule has 3 amide bonds. The zero-order chi connectivity index (χ0) is 36.4. The van der Waals surface area contributed by atoms with Gasteiger partial charge in [-0.25, -0.2) is 0 Å². The number of hydrogen-bond donors (Lipinski definition) is 11. The number of hydrogen-bond acceptors (Lipinski definition) is 17. The van der Waals surface area contributed by atoms with Gasteiger partial charge in [-0.05, 0) is 0 Å². The molecule has 20 nitrogen and oxygen atoms in total. The van der Waals surface area contributed by atoms with Gasteiger partial charge in [-0.3, -0.25) is 14.4 Å². The Balaban J connectivity index is 1.73. The highest BCUT2D eigenvalue weighted by Crippen LogP contribution is 2.31. The highest BCUT2D eigenvalue weighted by Gasteiger charge is 2.49. The molecule has 0 aromatic heterocycles. The van der Waals surface area contributed by atoms with E-state index in [-0.39, 0.29) is 26.4 Å². The predicted octanol–water partition coefficient (Wildman–Crippen LogP) is -6.59. The van der Waals surface area contributed by atoms with Crippen molar-refractivity contribution >= 4 is 17.7 Å². The van der Waals surface area contributed by atoms with Gasteiger partial charge in [-0.15, -0.1) is 0 Å². The molecule has 0 bridgehead atoms. The molecular formula is C29H51N3O17. The smallest absolute Gasteiger partial charge is 0.217 e. The first kappa shape index (κ1) is 41.3. The summed E-state index contributed by atoms with van der Waals surface area (Å²) in [5, 5.41) is 89.0. The lowest BCUT2D eigenvalue weighted by atomic mass is 9.85. The minimum atomic E-state index is -1.59. The van der Waals surface area contributed by atoms with E-state index < -0.39 is 136 Å². The third kappa shape index (κ3) is 10.7. The van der Waals surface area contributed by atoms with Crippen LogP contribution in [0, 0.1) is 11.8 Å². The number of rotatable bonds is 16. The summed E-state index contributed by atoms with van der Waals surface area (Å²) in [6, 6.07) is -3.28. The number of aliphatic hydroxyl groups is 8. The average molecular weight is 714 g/mol. The third-order valence-electron chi connectivity index (χ3n) is 8.86. The third-order valence-corrected chi connectivity index (χ3v) is 8.86. The molecule has 0 spiro atoms. The molecule has 3 saturated heterocycles. The normalized spacial score (nSPS) is 39.6. The van der Waals surface area contributed by atoms with Crippen molar-refractivity contribution in [3.8, 4) is 0 Å². The van der Waals surface area contributed by atoms with Crippen molar-refractivity contribution in [3.63, 3.8) is 0 Å². The molecule has 0 aromatic rings. The van der Waals surface area contributed by atoms with E-state index in [1.165, 1.54) is 20.8 Å². The summed E-state index contributed by atoms with van der Waals surface area (Å²) in [6.07, 6.45) is -12.2. The Morgan fingerprint density at radius 2 is 1.02 bits per heavy atom. The highest BCUT2D eigenvalue weighted by atomic mass is 16.6. The number of ether oxygens (including phenoxy) is 6. The van der Waals surface area contributed by atoms with Gasteiger partial charge < -0.3 is 85.2 Å². The van der Waals surface area contributed by atoms with E-state index in [4.69, 9.17) is 28.4 Å². The first-order valence-electron chi connectivity index (χ1n) is 16.0. The molecule has 3 aliphatic rings. The first-order chi connectivity index (χ1) is 23.3. The molecule has 6 unspecified atom stereocenters. The lowest BCUT2D eigenvalue weighted by molar-refractivity contribution is -0.250. The number of carbonyl (C=O) groups is 3. The Hall–Kier alpha value is -2.15. The average Bonchev–Trinajstić information content (AvgIpc) is 3.04. The summed E-state index contributed by atoms with van der Waals surface area (Å²) in [4.78, 5) is 35.6. The zero-order valence-corrected chi connectivity index (χ0v) is 27.6. The molecule has 15 atom stereocenters. The Morgan fingerprint density at radius 1 is 0.551 bits per heavy atom. The van der Waals surface area contributed by atoms with E-state index >= 15 is 0 Å². The van der Waals surface area contributed by atoms with Gasteiger partial charge in [-0.1, -0.05) is 0 Å². The van der Waals surface area contributed by atoms with Gasteiger partial charge in [-0.2, -0.15) is 0 Å². The van der Waals surface area contributed by atoms with Crippen molar-refractivity contribution in [2.24, 2.45) is 11.8 Å². The van der Waals surface area contributed by atoms with Crippen LogP contribution < -0.4 is 16.0 Å². The fourth-order valence-electron chi connectivity index (χ4n) is 6.53. The second-order valence-corrected chi connectivity index (χ2v) is 12.4. The summed E-state index contributed by atoms with van der Waals surface area (Å²) in [7, 11) is 0. The number of carbonyl (C=O) groups excluding carboxylic acids is 3. The van der Waals surface area contributed by atoms with E-state index in [0.717, 1.165) is 0 Å². The topological polar surface area (TPSA) is 305 Å². The molecule has 3 heterocycles. The van der Waals surface area contributed by atoms with Gasteiger partial charge in [0.15, 0.2) is 6.29 Å². The minimum absolute atomic E-state index is 0.217. The van der Waals surface area contributed by atoms with Crippen LogP contribution in [-0.4, -0.2) is 191 Å². The molecule has 3 fully saturated rings. The van der Waals surface area contributed by atoms with Gasteiger partial charge >= 0.3 is 0 Å². The van der Waals surface area contributed by atoms with Crippen LogP contribution in [0.4, 0.5) is 0 Å². The molecule has 0 aromatic carbocycles. The van der Waals surface area contributed by atoms with Gasteiger partial charge in [0, 0.05) is 32.6 Å². The maximum Gasteiger partial charge on any atom is 0.217 e. The van der Waals surface area contributed by atoms with Crippen LogP contribution in [0.2, 0.25) is 0 Å². The molecule has 3 rings (SSSR count). The SMILES string of the molecule is CC(=O)NC1[C@H](COC[C@@H]2C(CO)O[C@@H](COC[C@@H]3C(CO)O[C@@H](O)C(NC(C)=O)[C@H]3O)C(NC(C)=O)[C@H]2OCO)OC(CO)[C@@H](O)[C@@H]1O. The van der Waals surface area contributed by atoms with Crippen molar-refractivity contribution in [2.75, 3.05) is 53.0 Å². The van der Waals surface area contributed by atoms with Crippen molar-refractivity contribution in [1.82, 2.24) is 16.0 Å². The number of amides is 3. The lowest BCUT2D eigenvalue weighted by Gasteiger charge is -2.47. The summed E-state index contributed by atoms with van der Waals surface area (Å²) in [5.41, 5.74) is 0. The monoisotopic (exact) mass is 713 g/mol. The second-order valence-electron chi connectivity index (χ2n) is 12.4. The second kappa shape index (κ2) is 19.5. The van der Waals surface area contributed by atoms with Crippen molar-refractivity contribution in [3.05, 3.63) is 0 Å². The lowest BCUT2D eigenvalue weighted by Crippen LogP contribution is -2.66. The van der Waals surface area contributed by atoms with E-state index in [2.05, 4.69) is 16.0 Å². The van der Waals surface area contributed by atoms with Crippen LogP contribution in [0.1, 0.15) is 20.8 Å².